The number of nitrogens with one attached hydrogen (secondary N) is 1. The fourth-order valence-electron chi connectivity index (χ4n) is 2.76. The highest BCUT2D eigenvalue weighted by molar-refractivity contribution is 5.04. The summed E-state index contributed by atoms with van der Waals surface area (Å²) in [6, 6.07) is 1.22. The van der Waals surface area contributed by atoms with Gasteiger partial charge in [-0.3, -0.25) is 9.58 Å². The predicted molar refractivity (Wildman–Crippen MR) is 69.8 cm³/mol. The number of hydrogen-bond acceptors (Lipinski definition) is 3. The van der Waals surface area contributed by atoms with Crippen molar-refractivity contribution in [3.05, 3.63) is 18.0 Å². The molecule has 1 aromatic rings. The van der Waals surface area contributed by atoms with Gasteiger partial charge in [0.2, 0.25) is 0 Å². The molecule has 1 fully saturated rings. The molecule has 1 aliphatic heterocycles. The Labute approximate surface area is 104 Å². The van der Waals surface area contributed by atoms with Crippen molar-refractivity contribution < 1.29 is 0 Å². The van der Waals surface area contributed by atoms with Crippen LogP contribution >= 0.6 is 0 Å². The summed E-state index contributed by atoms with van der Waals surface area (Å²) in [4.78, 5) is 2.60. The molecule has 4 nitrogen and oxygen atoms in total. The van der Waals surface area contributed by atoms with E-state index in [9.17, 15) is 0 Å². The van der Waals surface area contributed by atoms with Crippen LogP contribution in [-0.4, -0.2) is 40.4 Å². The first-order valence-electron chi connectivity index (χ1n) is 6.59. The molecule has 0 aromatic carbocycles. The maximum absolute atomic E-state index is 4.25. The molecule has 2 rings (SSSR count). The van der Waals surface area contributed by atoms with E-state index in [1.807, 2.05) is 17.9 Å². The molecule has 2 heterocycles. The monoisotopic (exact) mass is 236 g/mol. The molecule has 0 bridgehead atoms. The average Bonchev–Trinajstić information content (AvgIpc) is 2.74. The molecule has 0 radical (unpaired) electrons. The van der Waals surface area contributed by atoms with E-state index in [1.54, 1.807) is 0 Å². The number of rotatable bonds is 4. The summed E-state index contributed by atoms with van der Waals surface area (Å²) in [5.41, 5.74) is 1.32. The standard InChI is InChI=1S/C13H24N4/c1-11(14-2)13-6-4-5-7-17(13)10-12-8-15-16(3)9-12/h8-9,11,13-14H,4-7,10H2,1-3H3. The van der Waals surface area contributed by atoms with Crippen LogP contribution in [0, 0.1) is 0 Å². The molecule has 0 aliphatic carbocycles. The quantitative estimate of drug-likeness (QED) is 0.857. The van der Waals surface area contributed by atoms with Gasteiger partial charge >= 0.3 is 0 Å². The van der Waals surface area contributed by atoms with Gasteiger partial charge in [-0.1, -0.05) is 6.42 Å². The molecule has 96 valence electrons. The predicted octanol–water partition coefficient (Wildman–Crippen LogP) is 1.38. The van der Waals surface area contributed by atoms with Gasteiger partial charge in [0, 0.05) is 37.4 Å². The van der Waals surface area contributed by atoms with Crippen LogP contribution in [0.15, 0.2) is 12.4 Å². The molecular weight excluding hydrogens is 212 g/mol. The van der Waals surface area contributed by atoms with Crippen LogP contribution in [0.2, 0.25) is 0 Å². The summed E-state index contributed by atoms with van der Waals surface area (Å²) in [5.74, 6) is 0. The first kappa shape index (κ1) is 12.6. The van der Waals surface area contributed by atoms with E-state index in [1.165, 1.54) is 31.4 Å². The number of hydrogen-bond donors (Lipinski definition) is 1. The van der Waals surface area contributed by atoms with Crippen LogP contribution in [0.5, 0.6) is 0 Å². The number of piperidine rings is 1. The van der Waals surface area contributed by atoms with Crippen LogP contribution in [-0.2, 0) is 13.6 Å². The SMILES string of the molecule is CNC(C)C1CCCCN1Cc1cnn(C)c1. The van der Waals surface area contributed by atoms with Crippen molar-refractivity contribution in [2.75, 3.05) is 13.6 Å². The topological polar surface area (TPSA) is 33.1 Å². The van der Waals surface area contributed by atoms with Crippen LogP contribution < -0.4 is 5.32 Å². The van der Waals surface area contributed by atoms with Crippen molar-refractivity contribution in [3.8, 4) is 0 Å². The number of likely N-dealkylation sites (N-methyl/N-ethyl adjacent to an activating group) is 1. The van der Waals surface area contributed by atoms with Crippen molar-refractivity contribution in [1.29, 1.82) is 0 Å². The van der Waals surface area contributed by atoms with E-state index in [-0.39, 0.29) is 0 Å². The van der Waals surface area contributed by atoms with Crippen molar-refractivity contribution >= 4 is 0 Å². The Balaban J connectivity index is 2.01. The molecule has 0 spiro atoms. The molecule has 0 amide bonds. The van der Waals surface area contributed by atoms with E-state index >= 15 is 0 Å². The van der Waals surface area contributed by atoms with Crippen molar-refractivity contribution in [3.63, 3.8) is 0 Å². The number of likely N-dealkylation sites (tertiary alicyclic amines) is 1. The van der Waals surface area contributed by atoms with Crippen molar-refractivity contribution in [2.45, 2.75) is 44.8 Å². The summed E-state index contributed by atoms with van der Waals surface area (Å²) < 4.78 is 1.88. The summed E-state index contributed by atoms with van der Waals surface area (Å²) in [6.07, 6.45) is 8.10. The van der Waals surface area contributed by atoms with Gasteiger partial charge in [-0.15, -0.1) is 0 Å². The van der Waals surface area contributed by atoms with E-state index in [0.717, 1.165) is 6.54 Å². The van der Waals surface area contributed by atoms with Gasteiger partial charge in [0.1, 0.15) is 0 Å². The lowest BCUT2D eigenvalue weighted by atomic mass is 9.96. The molecule has 0 saturated carbocycles. The van der Waals surface area contributed by atoms with Gasteiger partial charge < -0.3 is 5.32 Å². The second kappa shape index (κ2) is 5.65. The lowest BCUT2D eigenvalue weighted by molar-refractivity contribution is 0.114. The van der Waals surface area contributed by atoms with E-state index in [0.29, 0.717) is 12.1 Å². The minimum atomic E-state index is 0.562. The Kier molecular flexibility index (Phi) is 4.18. The fraction of sp³-hybridized carbons (Fsp3) is 0.769. The first-order chi connectivity index (χ1) is 8.20. The lowest BCUT2D eigenvalue weighted by Crippen LogP contribution is -2.49. The summed E-state index contributed by atoms with van der Waals surface area (Å²) in [5, 5.41) is 7.64. The molecule has 4 heteroatoms. The number of nitrogens with zero attached hydrogens (tertiary/aromatic N) is 3. The van der Waals surface area contributed by atoms with E-state index < -0.39 is 0 Å². The number of aromatic nitrogens is 2. The van der Waals surface area contributed by atoms with Crippen molar-refractivity contribution in [1.82, 2.24) is 20.0 Å². The van der Waals surface area contributed by atoms with Gasteiger partial charge in [-0.05, 0) is 33.4 Å². The molecule has 1 aliphatic rings. The Hall–Kier alpha value is -0.870. The molecular formula is C13H24N4. The van der Waals surface area contributed by atoms with Crippen LogP contribution in [0.25, 0.3) is 0 Å². The largest absolute Gasteiger partial charge is 0.316 e. The smallest absolute Gasteiger partial charge is 0.0534 e. The van der Waals surface area contributed by atoms with Gasteiger partial charge in [0.05, 0.1) is 6.20 Å². The Bertz CT molecular complexity index is 347. The zero-order valence-electron chi connectivity index (χ0n) is 11.2. The second-order valence-electron chi connectivity index (χ2n) is 5.13. The summed E-state index contributed by atoms with van der Waals surface area (Å²) >= 11 is 0. The maximum Gasteiger partial charge on any atom is 0.0534 e. The van der Waals surface area contributed by atoms with Crippen LogP contribution in [0.3, 0.4) is 0 Å². The third-order valence-corrected chi connectivity index (χ3v) is 3.84. The molecule has 1 aromatic heterocycles. The highest BCUT2D eigenvalue weighted by Gasteiger charge is 2.26. The molecule has 2 unspecified atom stereocenters. The minimum absolute atomic E-state index is 0.562. The third-order valence-electron chi connectivity index (χ3n) is 3.84. The molecule has 1 saturated heterocycles. The summed E-state index contributed by atoms with van der Waals surface area (Å²) in [6.45, 7) is 4.53. The second-order valence-corrected chi connectivity index (χ2v) is 5.13. The van der Waals surface area contributed by atoms with Crippen LogP contribution in [0.1, 0.15) is 31.7 Å². The highest BCUT2D eigenvalue weighted by Crippen LogP contribution is 2.21. The third kappa shape index (κ3) is 3.07. The number of aryl methyl sites for hydroxylation is 1. The molecule has 1 N–H and O–H groups in total. The van der Waals surface area contributed by atoms with E-state index in [4.69, 9.17) is 0 Å². The summed E-state index contributed by atoms with van der Waals surface area (Å²) in [7, 11) is 4.04. The molecule has 17 heavy (non-hydrogen) atoms. The van der Waals surface area contributed by atoms with Gasteiger partial charge in [-0.25, -0.2) is 0 Å². The first-order valence-corrected chi connectivity index (χ1v) is 6.59. The fourth-order valence-corrected chi connectivity index (χ4v) is 2.76. The Morgan fingerprint density at radius 3 is 3.00 bits per heavy atom. The Morgan fingerprint density at radius 2 is 2.35 bits per heavy atom. The normalized spacial score (nSPS) is 23.8. The van der Waals surface area contributed by atoms with Gasteiger partial charge in [-0.2, -0.15) is 5.10 Å². The lowest BCUT2D eigenvalue weighted by Gasteiger charge is -2.39. The minimum Gasteiger partial charge on any atom is -0.316 e. The van der Waals surface area contributed by atoms with Gasteiger partial charge in [0.25, 0.3) is 0 Å². The zero-order chi connectivity index (χ0) is 12.3. The van der Waals surface area contributed by atoms with Crippen LogP contribution in [0.4, 0.5) is 0 Å². The highest BCUT2D eigenvalue weighted by atomic mass is 15.3. The van der Waals surface area contributed by atoms with E-state index in [2.05, 4.69) is 35.5 Å². The maximum atomic E-state index is 4.25. The molecule has 2 atom stereocenters. The van der Waals surface area contributed by atoms with Crippen molar-refractivity contribution in [2.24, 2.45) is 7.05 Å². The van der Waals surface area contributed by atoms with Gasteiger partial charge in [0.15, 0.2) is 0 Å². The Morgan fingerprint density at radius 1 is 1.53 bits per heavy atom. The average molecular weight is 236 g/mol. The zero-order valence-corrected chi connectivity index (χ0v) is 11.2.